The first-order chi connectivity index (χ1) is 12.9. The van der Waals surface area contributed by atoms with Crippen LogP contribution in [0, 0.1) is 0 Å². The molecule has 2 heterocycles. The summed E-state index contributed by atoms with van der Waals surface area (Å²) in [5, 5.41) is 9.21. The van der Waals surface area contributed by atoms with Gasteiger partial charge in [0.2, 0.25) is 15.9 Å². The van der Waals surface area contributed by atoms with E-state index in [1.807, 2.05) is 0 Å². The van der Waals surface area contributed by atoms with Gasteiger partial charge in [0, 0.05) is 25.7 Å². The predicted octanol–water partition coefficient (Wildman–Crippen LogP) is 0.796. The zero-order chi connectivity index (χ0) is 19.4. The lowest BCUT2D eigenvalue weighted by atomic mass is 10.2. The Morgan fingerprint density at radius 1 is 1.11 bits per heavy atom. The van der Waals surface area contributed by atoms with Crippen LogP contribution in [0.4, 0.5) is 0 Å². The number of morpholine rings is 1. The van der Waals surface area contributed by atoms with Crippen molar-refractivity contribution < 1.29 is 27.9 Å². The van der Waals surface area contributed by atoms with Crippen LogP contribution in [0.1, 0.15) is 18.4 Å². The number of carboxylic acids is 1. The first-order valence-electron chi connectivity index (χ1n) is 8.79. The van der Waals surface area contributed by atoms with E-state index in [0.29, 0.717) is 44.7 Å². The average molecular weight is 394 g/mol. The summed E-state index contributed by atoms with van der Waals surface area (Å²) in [5.74, 6) is -1.24. The SMILES string of the molecule is O=C(O)[C@@H]1CCCN1S(=O)(=O)c1ccc(/C=C/C(=O)N2CCOCC2)cc1. The molecule has 0 aliphatic carbocycles. The van der Waals surface area contributed by atoms with Gasteiger partial charge in [-0.1, -0.05) is 12.1 Å². The third-order valence-electron chi connectivity index (χ3n) is 4.72. The Bertz CT molecular complexity index is 828. The molecule has 146 valence electrons. The number of nitrogens with zero attached hydrogens (tertiary/aromatic N) is 2. The molecule has 27 heavy (non-hydrogen) atoms. The molecule has 9 heteroatoms. The monoisotopic (exact) mass is 394 g/mol. The average Bonchev–Trinajstić information content (AvgIpc) is 3.18. The van der Waals surface area contributed by atoms with Crippen LogP contribution < -0.4 is 0 Å². The van der Waals surface area contributed by atoms with Crippen LogP contribution >= 0.6 is 0 Å². The molecule has 8 nitrogen and oxygen atoms in total. The number of hydrogen-bond acceptors (Lipinski definition) is 5. The predicted molar refractivity (Wildman–Crippen MR) is 97.4 cm³/mol. The third-order valence-corrected chi connectivity index (χ3v) is 6.64. The molecule has 0 saturated carbocycles. The highest BCUT2D eigenvalue weighted by atomic mass is 32.2. The number of benzene rings is 1. The van der Waals surface area contributed by atoms with Crippen LogP contribution in [0.15, 0.2) is 35.2 Å². The number of ether oxygens (including phenoxy) is 1. The Hall–Kier alpha value is -2.23. The van der Waals surface area contributed by atoms with Gasteiger partial charge in [-0.15, -0.1) is 0 Å². The molecule has 0 spiro atoms. The van der Waals surface area contributed by atoms with Crippen molar-refractivity contribution in [2.45, 2.75) is 23.8 Å². The maximum atomic E-state index is 12.7. The number of amides is 1. The van der Waals surface area contributed by atoms with Crippen molar-refractivity contribution in [2.75, 3.05) is 32.8 Å². The smallest absolute Gasteiger partial charge is 0.322 e. The van der Waals surface area contributed by atoms with Crippen molar-refractivity contribution >= 4 is 28.0 Å². The summed E-state index contributed by atoms with van der Waals surface area (Å²) in [6, 6.07) is 5.06. The molecule has 0 aromatic heterocycles. The third kappa shape index (κ3) is 4.37. The summed E-state index contributed by atoms with van der Waals surface area (Å²) in [6.07, 6.45) is 3.93. The highest BCUT2D eigenvalue weighted by molar-refractivity contribution is 7.89. The first kappa shape index (κ1) is 19.5. The Morgan fingerprint density at radius 2 is 1.78 bits per heavy atom. The minimum atomic E-state index is -3.86. The fourth-order valence-corrected chi connectivity index (χ4v) is 4.87. The number of carbonyl (C=O) groups is 2. The number of sulfonamides is 1. The standard InChI is InChI=1S/C18H22N2O6S/c21-17(19-10-12-26-13-11-19)8-5-14-3-6-15(7-4-14)27(24,25)20-9-1-2-16(20)18(22)23/h3-8,16H,1-2,9-13H2,(H,22,23)/b8-5+/t16-/m0/s1. The molecule has 3 rings (SSSR count). The van der Waals surface area contributed by atoms with Crippen molar-refractivity contribution in [1.82, 2.24) is 9.21 Å². The molecule has 2 aliphatic rings. The van der Waals surface area contributed by atoms with Gasteiger partial charge in [-0.2, -0.15) is 4.31 Å². The van der Waals surface area contributed by atoms with Crippen LogP contribution in [0.3, 0.4) is 0 Å². The van der Waals surface area contributed by atoms with Gasteiger partial charge in [0.1, 0.15) is 6.04 Å². The molecule has 0 radical (unpaired) electrons. The highest BCUT2D eigenvalue weighted by Crippen LogP contribution is 2.26. The lowest BCUT2D eigenvalue weighted by Gasteiger charge is -2.25. The minimum absolute atomic E-state index is 0.0484. The molecule has 1 atom stereocenters. The summed E-state index contributed by atoms with van der Waals surface area (Å²) in [6.45, 7) is 2.37. The summed E-state index contributed by atoms with van der Waals surface area (Å²) in [7, 11) is -3.86. The van der Waals surface area contributed by atoms with E-state index in [4.69, 9.17) is 4.74 Å². The van der Waals surface area contributed by atoms with Crippen molar-refractivity contribution in [3.05, 3.63) is 35.9 Å². The maximum Gasteiger partial charge on any atom is 0.322 e. The fraction of sp³-hybridized carbons (Fsp3) is 0.444. The highest BCUT2D eigenvalue weighted by Gasteiger charge is 2.39. The molecule has 0 unspecified atom stereocenters. The van der Waals surface area contributed by atoms with E-state index < -0.39 is 22.0 Å². The quantitative estimate of drug-likeness (QED) is 0.741. The van der Waals surface area contributed by atoms with Crippen molar-refractivity contribution in [1.29, 1.82) is 0 Å². The molecule has 1 aromatic carbocycles. The number of hydrogen-bond donors (Lipinski definition) is 1. The number of rotatable bonds is 5. The molecule has 2 saturated heterocycles. The van der Waals surface area contributed by atoms with Crippen LogP contribution in [0.5, 0.6) is 0 Å². The molecule has 0 bridgehead atoms. The zero-order valence-corrected chi connectivity index (χ0v) is 15.6. The normalized spacial score (nSPS) is 21.6. The second-order valence-electron chi connectivity index (χ2n) is 6.45. The van der Waals surface area contributed by atoms with Crippen LogP contribution in [0.2, 0.25) is 0 Å². The molecule has 2 aliphatic heterocycles. The van der Waals surface area contributed by atoms with E-state index in [1.54, 1.807) is 23.1 Å². The molecule has 1 amide bonds. The van der Waals surface area contributed by atoms with Gasteiger partial charge < -0.3 is 14.7 Å². The van der Waals surface area contributed by atoms with Crippen molar-refractivity contribution in [3.8, 4) is 0 Å². The van der Waals surface area contributed by atoms with Gasteiger partial charge in [0.05, 0.1) is 18.1 Å². The van der Waals surface area contributed by atoms with Gasteiger partial charge in [0.15, 0.2) is 0 Å². The van der Waals surface area contributed by atoms with E-state index in [-0.39, 0.29) is 17.3 Å². The Labute approximate surface area is 158 Å². The summed E-state index contributed by atoms with van der Waals surface area (Å²) >= 11 is 0. The number of carbonyl (C=O) groups excluding carboxylic acids is 1. The van der Waals surface area contributed by atoms with E-state index in [1.165, 1.54) is 18.2 Å². The topological polar surface area (TPSA) is 104 Å². The largest absolute Gasteiger partial charge is 0.480 e. The van der Waals surface area contributed by atoms with E-state index in [2.05, 4.69) is 0 Å². The van der Waals surface area contributed by atoms with E-state index in [0.717, 1.165) is 4.31 Å². The van der Waals surface area contributed by atoms with E-state index >= 15 is 0 Å². The lowest BCUT2D eigenvalue weighted by molar-refractivity contribution is -0.140. The van der Waals surface area contributed by atoms with Crippen LogP contribution in [-0.2, 0) is 24.3 Å². The zero-order valence-electron chi connectivity index (χ0n) is 14.8. The molecule has 2 fully saturated rings. The number of carboxylic acid groups (broad SMARTS) is 1. The second-order valence-corrected chi connectivity index (χ2v) is 8.34. The summed E-state index contributed by atoms with van der Waals surface area (Å²) in [5.41, 5.74) is 0.687. The minimum Gasteiger partial charge on any atom is -0.480 e. The molecular formula is C18H22N2O6S. The van der Waals surface area contributed by atoms with Crippen LogP contribution in [-0.4, -0.2) is 73.5 Å². The number of aliphatic carboxylic acids is 1. The van der Waals surface area contributed by atoms with Crippen molar-refractivity contribution in [3.63, 3.8) is 0 Å². The van der Waals surface area contributed by atoms with Gasteiger partial charge in [-0.25, -0.2) is 8.42 Å². The fourth-order valence-electron chi connectivity index (χ4n) is 3.22. The van der Waals surface area contributed by atoms with Gasteiger partial charge >= 0.3 is 5.97 Å². The maximum absolute atomic E-state index is 12.7. The summed E-state index contributed by atoms with van der Waals surface area (Å²) in [4.78, 5) is 25.1. The first-order valence-corrected chi connectivity index (χ1v) is 10.2. The van der Waals surface area contributed by atoms with Gasteiger partial charge in [-0.05, 0) is 36.6 Å². The van der Waals surface area contributed by atoms with Gasteiger partial charge in [0.25, 0.3) is 0 Å². The summed E-state index contributed by atoms with van der Waals surface area (Å²) < 4.78 is 31.7. The Balaban J connectivity index is 1.70. The van der Waals surface area contributed by atoms with Gasteiger partial charge in [-0.3, -0.25) is 9.59 Å². The van der Waals surface area contributed by atoms with Crippen molar-refractivity contribution in [2.24, 2.45) is 0 Å². The lowest BCUT2D eigenvalue weighted by Crippen LogP contribution is -2.40. The van der Waals surface area contributed by atoms with Crippen LogP contribution in [0.25, 0.3) is 6.08 Å². The molecule has 1 N–H and O–H groups in total. The Morgan fingerprint density at radius 3 is 2.41 bits per heavy atom. The second kappa shape index (κ2) is 8.20. The molecular weight excluding hydrogens is 372 g/mol. The Kier molecular flexibility index (Phi) is 5.93. The van der Waals surface area contributed by atoms with E-state index in [9.17, 15) is 23.1 Å². The molecule has 1 aromatic rings.